The molecule has 22 heavy (non-hydrogen) atoms. The first kappa shape index (κ1) is 16.5. The summed E-state index contributed by atoms with van der Waals surface area (Å²) >= 11 is 0. The highest BCUT2D eigenvalue weighted by atomic mass is 16.5. The quantitative estimate of drug-likeness (QED) is 0.763. The largest absolute Gasteiger partial charge is 0.380 e. The molecule has 0 aliphatic carbocycles. The number of carbonyl (C=O) groups excluding carboxylic acids is 2. The lowest BCUT2D eigenvalue weighted by molar-refractivity contribution is -0.125. The Morgan fingerprint density at radius 1 is 1.36 bits per heavy atom. The van der Waals surface area contributed by atoms with Crippen LogP contribution in [-0.4, -0.2) is 43.0 Å². The second-order valence-corrected chi connectivity index (χ2v) is 5.51. The average molecular weight is 305 g/mol. The van der Waals surface area contributed by atoms with E-state index in [0.29, 0.717) is 13.2 Å². The van der Waals surface area contributed by atoms with Gasteiger partial charge in [-0.1, -0.05) is 24.3 Å². The van der Waals surface area contributed by atoms with Gasteiger partial charge in [-0.25, -0.2) is 0 Å². The van der Waals surface area contributed by atoms with Gasteiger partial charge in [0.05, 0.1) is 19.2 Å². The first-order valence-electron chi connectivity index (χ1n) is 7.47. The summed E-state index contributed by atoms with van der Waals surface area (Å²) < 4.78 is 5.15. The number of amides is 2. The number of nitrogens with one attached hydrogen (secondary N) is 1. The SMILES string of the molecule is COCc1ccccc1CNC(=O)CN1CCCC1C(N)=O. The molecule has 1 aromatic rings. The predicted molar refractivity (Wildman–Crippen MR) is 82.8 cm³/mol. The Hall–Kier alpha value is -1.92. The number of benzene rings is 1. The Morgan fingerprint density at radius 2 is 2.09 bits per heavy atom. The molecule has 1 fully saturated rings. The highest BCUT2D eigenvalue weighted by molar-refractivity contribution is 5.82. The van der Waals surface area contributed by atoms with Gasteiger partial charge in [-0.2, -0.15) is 0 Å². The number of nitrogens with zero attached hydrogens (tertiary/aromatic N) is 1. The summed E-state index contributed by atoms with van der Waals surface area (Å²) in [7, 11) is 1.65. The molecular formula is C16H23N3O3. The third-order valence-electron chi connectivity index (χ3n) is 3.93. The summed E-state index contributed by atoms with van der Waals surface area (Å²) in [6.45, 7) is 1.91. The molecule has 1 unspecified atom stereocenters. The molecule has 1 aliphatic heterocycles. The van der Waals surface area contributed by atoms with Gasteiger partial charge in [0.1, 0.15) is 0 Å². The van der Waals surface area contributed by atoms with Gasteiger partial charge in [-0.05, 0) is 30.5 Å². The van der Waals surface area contributed by atoms with Gasteiger partial charge in [-0.3, -0.25) is 14.5 Å². The Morgan fingerprint density at radius 3 is 2.77 bits per heavy atom. The van der Waals surface area contributed by atoms with Crippen LogP contribution in [0.2, 0.25) is 0 Å². The van der Waals surface area contributed by atoms with Crippen molar-refractivity contribution >= 4 is 11.8 Å². The van der Waals surface area contributed by atoms with Crippen molar-refractivity contribution in [3.8, 4) is 0 Å². The number of carbonyl (C=O) groups is 2. The summed E-state index contributed by atoms with van der Waals surface area (Å²) in [6, 6.07) is 7.52. The topological polar surface area (TPSA) is 84.7 Å². The van der Waals surface area contributed by atoms with Crippen LogP contribution in [-0.2, 0) is 27.5 Å². The third kappa shape index (κ3) is 4.29. The molecule has 6 heteroatoms. The number of hydrogen-bond donors (Lipinski definition) is 2. The zero-order chi connectivity index (χ0) is 15.9. The first-order chi connectivity index (χ1) is 10.6. The van der Waals surface area contributed by atoms with Crippen LogP contribution in [0.15, 0.2) is 24.3 Å². The van der Waals surface area contributed by atoms with Crippen molar-refractivity contribution in [3.63, 3.8) is 0 Å². The van der Waals surface area contributed by atoms with Gasteiger partial charge in [0.2, 0.25) is 11.8 Å². The molecule has 1 atom stereocenters. The summed E-state index contributed by atoms with van der Waals surface area (Å²) in [6.07, 6.45) is 1.64. The van der Waals surface area contributed by atoms with E-state index in [9.17, 15) is 9.59 Å². The summed E-state index contributed by atoms with van der Waals surface area (Å²) in [5, 5.41) is 2.90. The van der Waals surface area contributed by atoms with E-state index in [2.05, 4.69) is 5.32 Å². The van der Waals surface area contributed by atoms with Gasteiger partial charge >= 0.3 is 0 Å². The highest BCUT2D eigenvalue weighted by Gasteiger charge is 2.30. The molecule has 6 nitrogen and oxygen atoms in total. The second-order valence-electron chi connectivity index (χ2n) is 5.51. The maximum absolute atomic E-state index is 12.1. The Kier molecular flexibility index (Phi) is 5.91. The van der Waals surface area contributed by atoms with Crippen molar-refractivity contribution in [1.82, 2.24) is 10.2 Å². The van der Waals surface area contributed by atoms with Crippen LogP contribution >= 0.6 is 0 Å². The van der Waals surface area contributed by atoms with Crippen molar-refractivity contribution in [2.75, 3.05) is 20.2 Å². The van der Waals surface area contributed by atoms with Crippen LogP contribution in [0.5, 0.6) is 0 Å². The third-order valence-corrected chi connectivity index (χ3v) is 3.93. The number of nitrogens with two attached hydrogens (primary N) is 1. The number of methoxy groups -OCH3 is 1. The monoisotopic (exact) mass is 305 g/mol. The summed E-state index contributed by atoms with van der Waals surface area (Å²) in [5.41, 5.74) is 7.45. The molecule has 0 aromatic heterocycles. The molecule has 3 N–H and O–H groups in total. The minimum Gasteiger partial charge on any atom is -0.380 e. The maximum atomic E-state index is 12.1. The van der Waals surface area contributed by atoms with Gasteiger partial charge in [0.25, 0.3) is 0 Å². The summed E-state index contributed by atoms with van der Waals surface area (Å²) in [5.74, 6) is -0.448. The fourth-order valence-electron chi connectivity index (χ4n) is 2.80. The molecule has 0 saturated carbocycles. The van der Waals surface area contributed by atoms with Crippen molar-refractivity contribution in [3.05, 3.63) is 35.4 Å². The lowest BCUT2D eigenvalue weighted by Crippen LogP contribution is -2.45. The van der Waals surface area contributed by atoms with Gasteiger partial charge in [0.15, 0.2) is 0 Å². The number of hydrogen-bond acceptors (Lipinski definition) is 4. The van der Waals surface area contributed by atoms with Crippen molar-refractivity contribution in [1.29, 1.82) is 0 Å². The summed E-state index contributed by atoms with van der Waals surface area (Å²) in [4.78, 5) is 25.2. The van der Waals surface area contributed by atoms with Crippen LogP contribution in [0.25, 0.3) is 0 Å². The van der Waals surface area contributed by atoms with Gasteiger partial charge in [-0.15, -0.1) is 0 Å². The predicted octanol–water partition coefficient (Wildman–Crippen LogP) is 0.399. The van der Waals surface area contributed by atoms with Crippen molar-refractivity contribution in [2.45, 2.75) is 32.0 Å². The van der Waals surface area contributed by atoms with Crippen LogP contribution in [0, 0.1) is 0 Å². The zero-order valence-corrected chi connectivity index (χ0v) is 12.9. The van der Waals surface area contributed by atoms with Gasteiger partial charge < -0.3 is 15.8 Å². The van der Waals surface area contributed by atoms with E-state index < -0.39 is 0 Å². The van der Waals surface area contributed by atoms with E-state index in [-0.39, 0.29) is 24.4 Å². The van der Waals surface area contributed by atoms with Crippen molar-refractivity contribution < 1.29 is 14.3 Å². The average Bonchev–Trinajstić information content (AvgIpc) is 2.95. The van der Waals surface area contributed by atoms with Crippen LogP contribution < -0.4 is 11.1 Å². The Labute approximate surface area is 130 Å². The first-order valence-corrected chi connectivity index (χ1v) is 7.47. The number of likely N-dealkylation sites (tertiary alicyclic amines) is 1. The van der Waals surface area contributed by atoms with E-state index in [1.54, 1.807) is 7.11 Å². The van der Waals surface area contributed by atoms with Crippen molar-refractivity contribution in [2.24, 2.45) is 5.73 Å². The lowest BCUT2D eigenvalue weighted by Gasteiger charge is -2.21. The minimum absolute atomic E-state index is 0.0969. The minimum atomic E-state index is -0.351. The second kappa shape index (κ2) is 7.91. The molecule has 1 saturated heterocycles. The van der Waals surface area contributed by atoms with E-state index in [1.165, 1.54) is 0 Å². The fourth-order valence-corrected chi connectivity index (χ4v) is 2.80. The molecule has 1 heterocycles. The molecule has 0 bridgehead atoms. The van der Waals surface area contributed by atoms with Crippen LogP contribution in [0.4, 0.5) is 0 Å². The molecule has 2 amide bonds. The molecule has 0 radical (unpaired) electrons. The maximum Gasteiger partial charge on any atom is 0.234 e. The Balaban J connectivity index is 1.87. The van der Waals surface area contributed by atoms with E-state index >= 15 is 0 Å². The fraction of sp³-hybridized carbons (Fsp3) is 0.500. The number of rotatable bonds is 7. The standard InChI is InChI=1S/C16H23N3O3/c1-22-11-13-6-3-2-5-12(13)9-18-15(20)10-19-8-4-7-14(19)16(17)21/h2-3,5-6,14H,4,7-11H2,1H3,(H2,17,21)(H,18,20). The smallest absolute Gasteiger partial charge is 0.234 e. The number of ether oxygens (including phenoxy) is 1. The highest BCUT2D eigenvalue weighted by Crippen LogP contribution is 2.16. The molecule has 0 spiro atoms. The Bertz CT molecular complexity index is 533. The number of primary amides is 1. The van der Waals surface area contributed by atoms with E-state index in [1.807, 2.05) is 29.2 Å². The van der Waals surface area contributed by atoms with Crippen LogP contribution in [0.1, 0.15) is 24.0 Å². The zero-order valence-electron chi connectivity index (χ0n) is 12.9. The molecule has 1 aliphatic rings. The lowest BCUT2D eigenvalue weighted by atomic mass is 10.1. The molecule has 2 rings (SSSR count). The molecule has 120 valence electrons. The van der Waals surface area contributed by atoms with Gasteiger partial charge in [0, 0.05) is 13.7 Å². The van der Waals surface area contributed by atoms with Crippen LogP contribution in [0.3, 0.4) is 0 Å². The molecule has 1 aromatic carbocycles. The molecular weight excluding hydrogens is 282 g/mol. The normalized spacial score (nSPS) is 18.3. The van der Waals surface area contributed by atoms with E-state index in [0.717, 1.165) is 30.5 Å². The van der Waals surface area contributed by atoms with E-state index in [4.69, 9.17) is 10.5 Å².